The van der Waals surface area contributed by atoms with Gasteiger partial charge in [-0.1, -0.05) is 49.9 Å². The van der Waals surface area contributed by atoms with Gasteiger partial charge in [0.2, 0.25) is 0 Å². The second-order valence-electron chi connectivity index (χ2n) is 6.08. The van der Waals surface area contributed by atoms with Gasteiger partial charge in [-0.25, -0.2) is 0 Å². The Bertz CT molecular complexity index is 864. The average Bonchev–Trinajstić information content (AvgIpc) is 2.60. The number of anilines is 1. The summed E-state index contributed by atoms with van der Waals surface area (Å²) in [5.41, 5.74) is 1.73. The van der Waals surface area contributed by atoms with Crippen LogP contribution in [0.2, 0.25) is 5.02 Å². The van der Waals surface area contributed by atoms with Crippen molar-refractivity contribution in [1.82, 2.24) is 0 Å². The molecular formula is C19H22ClNO4S. The molecule has 0 atom stereocenters. The summed E-state index contributed by atoms with van der Waals surface area (Å²) in [7, 11) is -4.37. The molecule has 0 fully saturated rings. The molecule has 0 aliphatic carbocycles. The standard InChI is InChI=1S/C19H22ClNO4S/c1-2-3-4-5-6-14-7-9-15(10-8-14)19(22)21-18-13-16(26(23,24)25)11-12-17(18)20/h7-13H,2-6H2,1H3,(H,21,22)(H,23,24,25). The van der Waals surface area contributed by atoms with Crippen LogP contribution in [-0.4, -0.2) is 18.9 Å². The third-order valence-electron chi connectivity index (χ3n) is 4.02. The third-order valence-corrected chi connectivity index (χ3v) is 5.20. The molecule has 0 heterocycles. The van der Waals surface area contributed by atoms with Gasteiger partial charge in [-0.15, -0.1) is 0 Å². The van der Waals surface area contributed by atoms with Crippen molar-refractivity contribution in [3.63, 3.8) is 0 Å². The van der Waals surface area contributed by atoms with Crippen molar-refractivity contribution in [2.75, 3.05) is 5.32 Å². The zero-order chi connectivity index (χ0) is 19.2. The number of hydrogen-bond acceptors (Lipinski definition) is 3. The fraction of sp³-hybridized carbons (Fsp3) is 0.316. The molecule has 0 bridgehead atoms. The van der Waals surface area contributed by atoms with Gasteiger partial charge in [-0.05, 0) is 48.7 Å². The maximum atomic E-state index is 12.4. The minimum Gasteiger partial charge on any atom is -0.321 e. The van der Waals surface area contributed by atoms with Crippen molar-refractivity contribution in [3.05, 3.63) is 58.6 Å². The smallest absolute Gasteiger partial charge is 0.294 e. The minimum atomic E-state index is -4.37. The maximum absolute atomic E-state index is 12.4. The molecule has 0 saturated heterocycles. The van der Waals surface area contributed by atoms with Gasteiger partial charge in [0.25, 0.3) is 16.0 Å². The molecule has 0 unspecified atom stereocenters. The molecule has 2 rings (SSSR count). The van der Waals surface area contributed by atoms with Crippen molar-refractivity contribution in [1.29, 1.82) is 0 Å². The summed E-state index contributed by atoms with van der Waals surface area (Å²) in [5, 5.41) is 2.75. The Morgan fingerprint density at radius 3 is 2.38 bits per heavy atom. The van der Waals surface area contributed by atoms with Gasteiger partial charge < -0.3 is 5.32 Å². The van der Waals surface area contributed by atoms with E-state index in [1.807, 2.05) is 12.1 Å². The normalized spacial score (nSPS) is 11.3. The Balaban J connectivity index is 2.06. The SMILES string of the molecule is CCCCCCc1ccc(C(=O)Nc2cc(S(=O)(=O)O)ccc2Cl)cc1. The monoisotopic (exact) mass is 395 g/mol. The van der Waals surface area contributed by atoms with Gasteiger partial charge in [-0.2, -0.15) is 8.42 Å². The second-order valence-corrected chi connectivity index (χ2v) is 7.91. The fourth-order valence-electron chi connectivity index (χ4n) is 2.53. The van der Waals surface area contributed by atoms with Crippen LogP contribution in [0.5, 0.6) is 0 Å². The topological polar surface area (TPSA) is 83.5 Å². The van der Waals surface area contributed by atoms with E-state index in [-0.39, 0.29) is 15.6 Å². The first-order valence-corrected chi connectivity index (χ1v) is 10.3. The summed E-state index contributed by atoms with van der Waals surface area (Å²) in [4.78, 5) is 12.0. The first-order valence-electron chi connectivity index (χ1n) is 8.48. The number of carbonyl (C=O) groups is 1. The van der Waals surface area contributed by atoms with E-state index in [1.165, 1.54) is 37.0 Å². The lowest BCUT2D eigenvalue weighted by Crippen LogP contribution is -2.13. The molecule has 2 aromatic carbocycles. The molecule has 0 aromatic heterocycles. The summed E-state index contributed by atoms with van der Waals surface area (Å²) in [6, 6.07) is 10.9. The number of rotatable bonds is 8. The highest BCUT2D eigenvalue weighted by Crippen LogP contribution is 2.25. The first-order chi connectivity index (χ1) is 12.3. The van der Waals surface area contributed by atoms with Crippen LogP contribution in [-0.2, 0) is 16.5 Å². The molecule has 0 saturated carbocycles. The van der Waals surface area contributed by atoms with Crippen molar-refractivity contribution < 1.29 is 17.8 Å². The number of hydrogen-bond donors (Lipinski definition) is 2. The van der Waals surface area contributed by atoms with E-state index in [4.69, 9.17) is 16.2 Å². The van der Waals surface area contributed by atoms with E-state index in [0.29, 0.717) is 5.56 Å². The van der Waals surface area contributed by atoms with E-state index in [1.54, 1.807) is 12.1 Å². The number of carbonyl (C=O) groups excluding carboxylic acids is 1. The molecule has 0 radical (unpaired) electrons. The van der Waals surface area contributed by atoms with Crippen LogP contribution in [0, 0.1) is 0 Å². The van der Waals surface area contributed by atoms with Crippen molar-refractivity contribution >= 4 is 33.3 Å². The highest BCUT2D eigenvalue weighted by molar-refractivity contribution is 7.85. The van der Waals surface area contributed by atoms with Gasteiger partial charge in [0, 0.05) is 5.56 Å². The van der Waals surface area contributed by atoms with Crippen LogP contribution in [0.3, 0.4) is 0 Å². The van der Waals surface area contributed by atoms with Gasteiger partial charge in [0.1, 0.15) is 0 Å². The third kappa shape index (κ3) is 5.83. The van der Waals surface area contributed by atoms with Crippen LogP contribution in [0.4, 0.5) is 5.69 Å². The van der Waals surface area contributed by atoms with E-state index < -0.39 is 16.0 Å². The highest BCUT2D eigenvalue weighted by Gasteiger charge is 2.14. The summed E-state index contributed by atoms with van der Waals surface area (Å²) < 4.78 is 31.5. The van der Waals surface area contributed by atoms with E-state index in [0.717, 1.165) is 18.9 Å². The van der Waals surface area contributed by atoms with Crippen LogP contribution in [0.1, 0.15) is 48.5 Å². The molecule has 5 nitrogen and oxygen atoms in total. The fourth-order valence-corrected chi connectivity index (χ4v) is 3.21. The molecular weight excluding hydrogens is 374 g/mol. The Labute approximate surface area is 159 Å². The van der Waals surface area contributed by atoms with Crippen LogP contribution >= 0.6 is 11.6 Å². The number of benzene rings is 2. The molecule has 1 amide bonds. The molecule has 2 N–H and O–H groups in total. The lowest BCUT2D eigenvalue weighted by atomic mass is 10.0. The Kier molecular flexibility index (Phi) is 7.20. The molecule has 2 aromatic rings. The summed E-state index contributed by atoms with van der Waals surface area (Å²) in [6.07, 6.45) is 5.72. The minimum absolute atomic E-state index is 0.121. The van der Waals surface area contributed by atoms with Crippen LogP contribution in [0.15, 0.2) is 47.4 Å². The van der Waals surface area contributed by atoms with Gasteiger partial charge in [0.05, 0.1) is 15.6 Å². The molecule has 0 spiro atoms. The first kappa shape index (κ1) is 20.4. The predicted molar refractivity (Wildman–Crippen MR) is 104 cm³/mol. The Morgan fingerprint density at radius 1 is 1.08 bits per heavy atom. The van der Waals surface area contributed by atoms with Crippen molar-refractivity contribution in [3.8, 4) is 0 Å². The zero-order valence-electron chi connectivity index (χ0n) is 14.5. The molecule has 26 heavy (non-hydrogen) atoms. The van der Waals surface area contributed by atoms with Gasteiger partial charge in [0.15, 0.2) is 0 Å². The number of halogens is 1. The van der Waals surface area contributed by atoms with E-state index >= 15 is 0 Å². The van der Waals surface area contributed by atoms with Crippen LogP contribution < -0.4 is 5.32 Å². The predicted octanol–water partition coefficient (Wildman–Crippen LogP) is 4.96. The number of nitrogens with one attached hydrogen (secondary N) is 1. The molecule has 0 aliphatic heterocycles. The maximum Gasteiger partial charge on any atom is 0.294 e. The van der Waals surface area contributed by atoms with E-state index in [9.17, 15) is 13.2 Å². The molecule has 140 valence electrons. The average molecular weight is 396 g/mol. The van der Waals surface area contributed by atoms with Gasteiger partial charge in [-0.3, -0.25) is 9.35 Å². The summed E-state index contributed by atoms with van der Waals surface area (Å²) >= 11 is 5.99. The van der Waals surface area contributed by atoms with Crippen LogP contribution in [0.25, 0.3) is 0 Å². The van der Waals surface area contributed by atoms with Gasteiger partial charge >= 0.3 is 0 Å². The summed E-state index contributed by atoms with van der Waals surface area (Å²) in [6.45, 7) is 2.17. The molecule has 0 aliphatic rings. The Hall–Kier alpha value is -1.89. The number of amides is 1. The lowest BCUT2D eigenvalue weighted by Gasteiger charge is -2.09. The number of unbranched alkanes of at least 4 members (excludes halogenated alkanes) is 3. The van der Waals surface area contributed by atoms with E-state index in [2.05, 4.69) is 12.2 Å². The Morgan fingerprint density at radius 2 is 1.77 bits per heavy atom. The summed E-state index contributed by atoms with van der Waals surface area (Å²) in [5.74, 6) is -0.406. The zero-order valence-corrected chi connectivity index (χ0v) is 16.1. The van der Waals surface area contributed by atoms with Crippen molar-refractivity contribution in [2.24, 2.45) is 0 Å². The second kappa shape index (κ2) is 9.16. The molecule has 7 heteroatoms. The lowest BCUT2D eigenvalue weighted by molar-refractivity contribution is 0.102. The number of aryl methyl sites for hydroxylation is 1. The highest BCUT2D eigenvalue weighted by atomic mass is 35.5. The quantitative estimate of drug-likeness (QED) is 0.488. The van der Waals surface area contributed by atoms with Crippen molar-refractivity contribution in [2.45, 2.75) is 43.9 Å². The largest absolute Gasteiger partial charge is 0.321 e.